The number of imide groups is 1. The van der Waals surface area contributed by atoms with Crippen molar-refractivity contribution in [3.63, 3.8) is 0 Å². The molecule has 8 rings (SSSR count). The van der Waals surface area contributed by atoms with Crippen molar-refractivity contribution < 1.29 is 19.1 Å². The predicted octanol–water partition coefficient (Wildman–Crippen LogP) is 2.42. The third kappa shape index (κ3) is 4.33. The molecule has 6 aliphatic rings. The van der Waals surface area contributed by atoms with Crippen molar-refractivity contribution in [3.05, 3.63) is 47.7 Å². The maximum Gasteiger partial charge on any atom is 0.255 e. The van der Waals surface area contributed by atoms with Crippen molar-refractivity contribution in [2.45, 2.75) is 57.2 Å². The second-order valence-corrected chi connectivity index (χ2v) is 13.2. The summed E-state index contributed by atoms with van der Waals surface area (Å²) in [6.07, 6.45) is 7.74. The molecule has 0 bridgehead atoms. The van der Waals surface area contributed by atoms with Crippen molar-refractivity contribution in [1.29, 1.82) is 0 Å². The van der Waals surface area contributed by atoms with Gasteiger partial charge in [-0.15, -0.1) is 0 Å². The Bertz CT molecular complexity index is 1420. The molecule has 10 heteroatoms. The molecule has 42 heavy (non-hydrogen) atoms. The van der Waals surface area contributed by atoms with Gasteiger partial charge in [0, 0.05) is 63.0 Å². The Hall–Kier alpha value is -3.66. The number of piperidine rings is 2. The van der Waals surface area contributed by atoms with E-state index in [-0.39, 0.29) is 24.1 Å². The number of benzene rings is 1. The number of hydrogen-bond donors (Lipinski definition) is 1. The molecule has 2 aromatic rings. The lowest BCUT2D eigenvalue weighted by atomic mass is 9.57. The summed E-state index contributed by atoms with van der Waals surface area (Å²) in [5, 5.41) is 2.38. The zero-order chi connectivity index (χ0) is 28.4. The van der Waals surface area contributed by atoms with E-state index in [0.717, 1.165) is 61.5 Å². The van der Waals surface area contributed by atoms with Crippen LogP contribution >= 0.6 is 0 Å². The molecule has 220 valence electrons. The summed E-state index contributed by atoms with van der Waals surface area (Å²) in [4.78, 5) is 51.0. The Morgan fingerprint density at radius 2 is 1.86 bits per heavy atom. The molecule has 5 aliphatic heterocycles. The molecule has 1 aromatic carbocycles. The summed E-state index contributed by atoms with van der Waals surface area (Å²) in [5.74, 6) is 1.87. The molecule has 2 atom stereocenters. The Kier molecular flexibility index (Phi) is 6.17. The highest BCUT2D eigenvalue weighted by atomic mass is 16.5. The van der Waals surface area contributed by atoms with Gasteiger partial charge in [0.15, 0.2) is 0 Å². The lowest BCUT2D eigenvalue weighted by molar-refractivity contribution is -0.136. The number of nitrogens with one attached hydrogen (secondary N) is 1. The summed E-state index contributed by atoms with van der Waals surface area (Å²) in [6.45, 7) is 7.32. The van der Waals surface area contributed by atoms with Crippen LogP contribution in [0.1, 0.15) is 54.4 Å². The van der Waals surface area contributed by atoms with Gasteiger partial charge in [-0.2, -0.15) is 0 Å². The van der Waals surface area contributed by atoms with Crippen LogP contribution in [0.3, 0.4) is 0 Å². The highest BCUT2D eigenvalue weighted by molar-refractivity contribution is 6.06. The van der Waals surface area contributed by atoms with Crippen molar-refractivity contribution in [2.75, 3.05) is 55.7 Å². The van der Waals surface area contributed by atoms with Gasteiger partial charge in [-0.1, -0.05) is 6.07 Å². The number of rotatable bonds is 4. The van der Waals surface area contributed by atoms with Crippen LogP contribution in [-0.2, 0) is 16.1 Å². The fourth-order valence-electron chi connectivity index (χ4n) is 8.53. The number of ether oxygens (including phenoxy) is 1. The average molecular weight is 571 g/mol. The molecule has 1 spiro atoms. The predicted molar refractivity (Wildman–Crippen MR) is 156 cm³/mol. The first-order valence-electron chi connectivity index (χ1n) is 15.5. The third-order valence-electron chi connectivity index (χ3n) is 10.7. The van der Waals surface area contributed by atoms with E-state index in [1.807, 2.05) is 24.4 Å². The molecule has 1 aromatic heterocycles. The van der Waals surface area contributed by atoms with Crippen LogP contribution in [0.2, 0.25) is 0 Å². The number of piperazine rings is 1. The van der Waals surface area contributed by atoms with Crippen LogP contribution in [0.25, 0.3) is 0 Å². The van der Waals surface area contributed by atoms with Gasteiger partial charge >= 0.3 is 0 Å². The van der Waals surface area contributed by atoms with Crippen LogP contribution in [-0.4, -0.2) is 90.5 Å². The minimum Gasteiger partial charge on any atom is -0.489 e. The highest BCUT2D eigenvalue weighted by Gasteiger charge is 2.47. The monoisotopic (exact) mass is 570 g/mol. The van der Waals surface area contributed by atoms with E-state index >= 15 is 0 Å². The largest absolute Gasteiger partial charge is 0.489 e. The first-order chi connectivity index (χ1) is 20.5. The van der Waals surface area contributed by atoms with Gasteiger partial charge in [0.05, 0.1) is 18.3 Å². The van der Waals surface area contributed by atoms with Crippen LogP contribution < -0.4 is 19.9 Å². The molecular formula is C32H38N6O4. The minimum atomic E-state index is -0.614. The molecule has 1 aliphatic carbocycles. The van der Waals surface area contributed by atoms with Gasteiger partial charge in [-0.25, -0.2) is 4.98 Å². The highest BCUT2D eigenvalue weighted by Crippen LogP contribution is 2.53. The van der Waals surface area contributed by atoms with Crippen LogP contribution in [0.5, 0.6) is 5.75 Å². The Morgan fingerprint density at radius 3 is 2.64 bits per heavy atom. The first-order valence-corrected chi connectivity index (χ1v) is 15.5. The fraction of sp³-hybridized carbons (Fsp3) is 0.562. The maximum absolute atomic E-state index is 13.2. The number of carbonyl (C=O) groups is 3. The van der Waals surface area contributed by atoms with Crippen LogP contribution in [0, 0.1) is 11.3 Å². The summed E-state index contributed by atoms with van der Waals surface area (Å²) in [5.41, 5.74) is 3.08. The number of fused-ring (bicyclic) bond motifs is 5. The van der Waals surface area contributed by atoms with Gasteiger partial charge in [0.2, 0.25) is 11.8 Å². The Morgan fingerprint density at radius 1 is 1.00 bits per heavy atom. The SMILES string of the molecule is O=C1CCC(N2Cc3c(ccc4c3OCC3CN(CC5CC6(CCN(c7ccccn7)CC6)C5)CCN43)C2=O)C(=O)N1. The van der Waals surface area contributed by atoms with Crippen LogP contribution in [0.15, 0.2) is 36.5 Å². The first kappa shape index (κ1) is 26.0. The Labute approximate surface area is 246 Å². The summed E-state index contributed by atoms with van der Waals surface area (Å²) in [6, 6.07) is 9.78. The van der Waals surface area contributed by atoms with Crippen molar-refractivity contribution in [3.8, 4) is 5.75 Å². The standard InChI is InChI=1S/C32H38N6O4/c39-28-7-6-26(30(40)34-28)38-19-24-23(31(38)41)4-5-25-29(24)42-20-22-18-35(13-14-37(22)25)17-21-15-32(16-21)8-11-36(12-9-32)27-3-1-2-10-33-27/h1-5,10,21-22,26H,6-9,11-20H2,(H,34,39,40). The van der Waals surface area contributed by atoms with E-state index in [1.54, 1.807) is 4.90 Å². The number of anilines is 2. The molecular weight excluding hydrogens is 532 g/mol. The van der Waals surface area contributed by atoms with E-state index in [0.29, 0.717) is 36.6 Å². The van der Waals surface area contributed by atoms with E-state index < -0.39 is 6.04 Å². The molecule has 2 unspecified atom stereocenters. The summed E-state index contributed by atoms with van der Waals surface area (Å²) >= 11 is 0. The molecule has 3 amide bonds. The Balaban J connectivity index is 0.873. The lowest BCUT2D eigenvalue weighted by Crippen LogP contribution is -2.59. The molecule has 0 radical (unpaired) electrons. The van der Waals surface area contributed by atoms with Crippen LogP contribution in [0.4, 0.5) is 11.5 Å². The number of amides is 3. The smallest absolute Gasteiger partial charge is 0.255 e. The van der Waals surface area contributed by atoms with Crippen molar-refractivity contribution in [2.24, 2.45) is 11.3 Å². The van der Waals surface area contributed by atoms with E-state index in [1.165, 1.54) is 32.2 Å². The van der Waals surface area contributed by atoms with E-state index in [9.17, 15) is 14.4 Å². The molecule has 10 nitrogen and oxygen atoms in total. The number of pyridine rings is 1. The topological polar surface area (TPSA) is 98.3 Å². The summed E-state index contributed by atoms with van der Waals surface area (Å²) in [7, 11) is 0. The van der Waals surface area contributed by atoms with E-state index in [4.69, 9.17) is 4.74 Å². The van der Waals surface area contributed by atoms with Gasteiger partial charge in [0.25, 0.3) is 5.91 Å². The molecule has 1 N–H and O–H groups in total. The molecule has 6 heterocycles. The second kappa shape index (κ2) is 9.97. The van der Waals surface area contributed by atoms with Gasteiger partial charge in [-0.05, 0) is 67.7 Å². The van der Waals surface area contributed by atoms with Gasteiger partial charge in [0.1, 0.15) is 24.2 Å². The number of hydrogen-bond acceptors (Lipinski definition) is 8. The molecule has 3 saturated heterocycles. The second-order valence-electron chi connectivity index (χ2n) is 13.2. The summed E-state index contributed by atoms with van der Waals surface area (Å²) < 4.78 is 6.38. The lowest BCUT2D eigenvalue weighted by Gasteiger charge is -2.54. The quantitative estimate of drug-likeness (QED) is 0.560. The fourth-order valence-corrected chi connectivity index (χ4v) is 8.53. The zero-order valence-electron chi connectivity index (χ0n) is 24.0. The average Bonchev–Trinajstić information content (AvgIpc) is 3.33. The normalized spacial score (nSPS) is 27.2. The van der Waals surface area contributed by atoms with Gasteiger partial charge in [-0.3, -0.25) is 24.6 Å². The molecule has 1 saturated carbocycles. The minimum absolute atomic E-state index is 0.154. The van der Waals surface area contributed by atoms with Gasteiger partial charge < -0.3 is 19.4 Å². The van der Waals surface area contributed by atoms with E-state index in [2.05, 4.69) is 37.1 Å². The van der Waals surface area contributed by atoms with Crippen molar-refractivity contribution >= 4 is 29.2 Å². The number of nitrogens with zero attached hydrogens (tertiary/aromatic N) is 5. The maximum atomic E-state index is 13.2. The number of aromatic nitrogens is 1. The zero-order valence-corrected chi connectivity index (χ0v) is 24.0. The third-order valence-corrected chi connectivity index (χ3v) is 10.7. The molecule has 4 fully saturated rings. The van der Waals surface area contributed by atoms with Crippen molar-refractivity contribution in [1.82, 2.24) is 20.1 Å². The number of carbonyl (C=O) groups excluding carboxylic acids is 3.